The molecule has 0 heterocycles. The Morgan fingerprint density at radius 1 is 0.309 bits per heavy atom. The van der Waals surface area contributed by atoms with E-state index in [2.05, 4.69) is 142 Å². The zero-order valence-electron chi connectivity index (χ0n) is 43.8. The number of ether oxygens (including phenoxy) is 3. The Labute approximate surface area is 418 Å². The van der Waals surface area contributed by atoms with Crippen LogP contribution in [0, 0.1) is 0 Å². The Bertz CT molecular complexity index is 1450. The molecule has 0 aliphatic heterocycles. The molecule has 68 heavy (non-hydrogen) atoms. The Morgan fingerprint density at radius 3 is 0.912 bits per heavy atom. The summed E-state index contributed by atoms with van der Waals surface area (Å²) in [5.41, 5.74) is 0. The van der Waals surface area contributed by atoms with Gasteiger partial charge >= 0.3 is 17.9 Å². The molecule has 0 radical (unpaired) electrons. The van der Waals surface area contributed by atoms with Crippen LogP contribution in [0.25, 0.3) is 0 Å². The summed E-state index contributed by atoms with van der Waals surface area (Å²) < 4.78 is 16.8. The van der Waals surface area contributed by atoms with E-state index in [-0.39, 0.29) is 31.1 Å². The summed E-state index contributed by atoms with van der Waals surface area (Å²) in [5.74, 6) is -0.945. The second-order valence-electron chi connectivity index (χ2n) is 17.7. The molecule has 0 aliphatic carbocycles. The smallest absolute Gasteiger partial charge is 0.306 e. The number of unbranched alkanes of at least 4 members (excludes halogenated alkanes) is 17. The maximum Gasteiger partial charge on any atom is 0.306 e. The highest BCUT2D eigenvalue weighted by Crippen LogP contribution is 2.13. The van der Waals surface area contributed by atoms with Crippen LogP contribution in [0.15, 0.2) is 122 Å². The monoisotopic (exact) mass is 941 g/mol. The largest absolute Gasteiger partial charge is 0.462 e. The second-order valence-corrected chi connectivity index (χ2v) is 17.7. The molecule has 384 valence electrons. The zero-order valence-corrected chi connectivity index (χ0v) is 43.8. The van der Waals surface area contributed by atoms with Crippen molar-refractivity contribution in [3.63, 3.8) is 0 Å². The summed E-state index contributed by atoms with van der Waals surface area (Å²) in [7, 11) is 0. The second kappa shape index (κ2) is 55.4. The minimum atomic E-state index is -0.799. The van der Waals surface area contributed by atoms with E-state index in [4.69, 9.17) is 14.2 Å². The van der Waals surface area contributed by atoms with E-state index >= 15 is 0 Å². The van der Waals surface area contributed by atoms with Gasteiger partial charge in [0.05, 0.1) is 0 Å². The molecule has 0 aromatic heterocycles. The number of allylic oxidation sites excluding steroid dienone is 20. The van der Waals surface area contributed by atoms with E-state index in [9.17, 15) is 14.4 Å². The van der Waals surface area contributed by atoms with E-state index < -0.39 is 6.10 Å². The number of esters is 3. The minimum Gasteiger partial charge on any atom is -0.462 e. The molecular formula is C62H100O6. The van der Waals surface area contributed by atoms with Crippen molar-refractivity contribution in [3.8, 4) is 0 Å². The fourth-order valence-electron chi connectivity index (χ4n) is 7.11. The number of hydrogen-bond acceptors (Lipinski definition) is 6. The van der Waals surface area contributed by atoms with Gasteiger partial charge in [-0.25, -0.2) is 0 Å². The predicted molar refractivity (Wildman–Crippen MR) is 293 cm³/mol. The highest BCUT2D eigenvalue weighted by Gasteiger charge is 2.19. The molecule has 0 rings (SSSR count). The van der Waals surface area contributed by atoms with E-state index in [1.54, 1.807) is 0 Å². The molecule has 0 amide bonds. The highest BCUT2D eigenvalue weighted by atomic mass is 16.6. The van der Waals surface area contributed by atoms with Crippen molar-refractivity contribution >= 4 is 17.9 Å². The van der Waals surface area contributed by atoms with Crippen molar-refractivity contribution < 1.29 is 28.6 Å². The molecule has 0 aromatic carbocycles. The zero-order chi connectivity index (χ0) is 49.3. The average Bonchev–Trinajstić information content (AvgIpc) is 3.34. The lowest BCUT2D eigenvalue weighted by Crippen LogP contribution is -2.30. The molecule has 0 fully saturated rings. The molecule has 0 saturated heterocycles. The third-order valence-corrected chi connectivity index (χ3v) is 11.2. The van der Waals surface area contributed by atoms with Crippen LogP contribution in [0.3, 0.4) is 0 Å². The third kappa shape index (κ3) is 52.8. The Balaban J connectivity index is 4.36. The summed E-state index contributed by atoms with van der Waals surface area (Å²) in [5, 5.41) is 0. The first-order chi connectivity index (χ1) is 33.5. The molecule has 1 atom stereocenters. The van der Waals surface area contributed by atoms with Crippen LogP contribution in [-0.4, -0.2) is 37.2 Å². The van der Waals surface area contributed by atoms with Gasteiger partial charge in [-0.15, -0.1) is 0 Å². The lowest BCUT2D eigenvalue weighted by atomic mass is 10.1. The fourth-order valence-corrected chi connectivity index (χ4v) is 7.11. The van der Waals surface area contributed by atoms with Gasteiger partial charge in [-0.3, -0.25) is 14.4 Å². The van der Waals surface area contributed by atoms with Crippen LogP contribution in [-0.2, 0) is 28.6 Å². The summed E-state index contributed by atoms with van der Waals surface area (Å²) in [6, 6.07) is 0. The molecule has 0 spiro atoms. The van der Waals surface area contributed by atoms with Gasteiger partial charge in [-0.05, 0) is 122 Å². The van der Waals surface area contributed by atoms with E-state index in [1.807, 2.05) is 0 Å². The first kappa shape index (κ1) is 63.8. The number of hydrogen-bond donors (Lipinski definition) is 0. The molecule has 0 N–H and O–H groups in total. The van der Waals surface area contributed by atoms with Gasteiger partial charge in [-0.1, -0.05) is 213 Å². The Hall–Kier alpha value is -4.19. The topological polar surface area (TPSA) is 78.9 Å². The normalized spacial score (nSPS) is 13.0. The summed E-state index contributed by atoms with van der Waals surface area (Å²) in [6.07, 6.45) is 76.2. The summed E-state index contributed by atoms with van der Waals surface area (Å²) >= 11 is 0. The standard InChI is InChI=1S/C62H100O6/c1-4-7-10-13-16-19-22-24-26-27-28-29-30-31-32-33-34-35-37-38-40-43-46-49-52-55-61(64)67-58-59(57-66-60(63)54-51-48-45-42-21-18-15-12-9-6-3)68-62(65)56-53-50-47-44-41-39-36-25-23-20-17-14-11-8-5-2/h7-8,10-12,15-17,19-20,24-26,28-29,31-32,34-36,59H,4-6,9,13-14,18,21-23,27,30,33,37-58H2,1-3H3/b10-7-,11-8-,15-12-,19-16-,20-17-,26-24-,29-28-,32-31-,35-34-,36-25-. The van der Waals surface area contributed by atoms with Gasteiger partial charge in [0.15, 0.2) is 6.10 Å². The van der Waals surface area contributed by atoms with Gasteiger partial charge in [0.1, 0.15) is 13.2 Å². The molecule has 6 heteroatoms. The van der Waals surface area contributed by atoms with E-state index in [0.29, 0.717) is 19.3 Å². The SMILES string of the molecule is CC/C=C\C/C=C\C/C=C\C/C=C\C/C=C\C/C=C\CCCCCCCCC(=O)OCC(COC(=O)CCCCCCC/C=C\CCC)OC(=O)CCCCCCC/C=C\C/C=C\C/C=C\CC. The fraction of sp³-hybridized carbons (Fsp3) is 0.629. The maximum atomic E-state index is 12.8. The van der Waals surface area contributed by atoms with Crippen molar-refractivity contribution in [2.75, 3.05) is 13.2 Å². The first-order valence-electron chi connectivity index (χ1n) is 27.5. The van der Waals surface area contributed by atoms with Gasteiger partial charge in [0.2, 0.25) is 0 Å². The minimum absolute atomic E-state index is 0.0975. The van der Waals surface area contributed by atoms with Gasteiger partial charge in [-0.2, -0.15) is 0 Å². The van der Waals surface area contributed by atoms with Crippen LogP contribution in [0.4, 0.5) is 0 Å². The number of rotatable bonds is 48. The van der Waals surface area contributed by atoms with Crippen molar-refractivity contribution in [3.05, 3.63) is 122 Å². The van der Waals surface area contributed by atoms with Crippen LogP contribution in [0.5, 0.6) is 0 Å². The molecule has 0 bridgehead atoms. The van der Waals surface area contributed by atoms with Gasteiger partial charge in [0.25, 0.3) is 0 Å². The first-order valence-corrected chi connectivity index (χ1v) is 27.5. The molecular weight excluding hydrogens is 841 g/mol. The van der Waals surface area contributed by atoms with Gasteiger partial charge < -0.3 is 14.2 Å². The van der Waals surface area contributed by atoms with Crippen LogP contribution in [0.1, 0.15) is 233 Å². The van der Waals surface area contributed by atoms with Crippen molar-refractivity contribution in [1.29, 1.82) is 0 Å². The third-order valence-electron chi connectivity index (χ3n) is 11.2. The van der Waals surface area contributed by atoms with E-state index in [0.717, 1.165) is 167 Å². The van der Waals surface area contributed by atoms with Crippen LogP contribution < -0.4 is 0 Å². The molecule has 0 aliphatic rings. The predicted octanol–water partition coefficient (Wildman–Crippen LogP) is 18.5. The van der Waals surface area contributed by atoms with Crippen LogP contribution in [0.2, 0.25) is 0 Å². The van der Waals surface area contributed by atoms with Gasteiger partial charge in [0, 0.05) is 19.3 Å². The molecule has 6 nitrogen and oxygen atoms in total. The summed E-state index contributed by atoms with van der Waals surface area (Å²) in [4.78, 5) is 38.0. The maximum absolute atomic E-state index is 12.8. The molecule has 0 aromatic rings. The Morgan fingerprint density at radius 2 is 0.574 bits per heavy atom. The lowest BCUT2D eigenvalue weighted by molar-refractivity contribution is -0.167. The quantitative estimate of drug-likeness (QED) is 0.0262. The van der Waals surface area contributed by atoms with Crippen molar-refractivity contribution in [2.45, 2.75) is 239 Å². The van der Waals surface area contributed by atoms with Crippen molar-refractivity contribution in [1.82, 2.24) is 0 Å². The number of carbonyl (C=O) groups is 3. The van der Waals surface area contributed by atoms with Crippen LogP contribution >= 0.6 is 0 Å². The van der Waals surface area contributed by atoms with E-state index in [1.165, 1.54) is 25.7 Å². The summed E-state index contributed by atoms with van der Waals surface area (Å²) in [6.45, 7) is 6.30. The molecule has 0 saturated carbocycles. The Kier molecular flexibility index (Phi) is 52.0. The average molecular weight is 941 g/mol. The highest BCUT2D eigenvalue weighted by molar-refractivity contribution is 5.71. The molecule has 1 unspecified atom stereocenters. The van der Waals surface area contributed by atoms with Crippen molar-refractivity contribution in [2.24, 2.45) is 0 Å². The lowest BCUT2D eigenvalue weighted by Gasteiger charge is -2.18. The number of carbonyl (C=O) groups excluding carboxylic acids is 3.